The molecule has 1 aliphatic heterocycles. The molecule has 3 aromatic carbocycles. The van der Waals surface area contributed by atoms with Crippen LogP contribution in [0.1, 0.15) is 12.0 Å². The molecule has 3 aromatic rings. The molecule has 0 bridgehead atoms. The summed E-state index contributed by atoms with van der Waals surface area (Å²) in [6, 6.07) is 20.9. The molecule has 7 nitrogen and oxygen atoms in total. The van der Waals surface area contributed by atoms with Crippen molar-refractivity contribution < 1.29 is 22.7 Å². The van der Waals surface area contributed by atoms with Crippen LogP contribution in [-0.2, 0) is 21.2 Å². The molecule has 8 heteroatoms. The smallest absolute Gasteiger partial charge is 0.264 e. The molecule has 0 unspecified atom stereocenters. The Morgan fingerprint density at radius 2 is 1.64 bits per heavy atom. The van der Waals surface area contributed by atoms with Crippen LogP contribution in [0.25, 0.3) is 0 Å². The molecule has 0 aliphatic carbocycles. The molecular formula is C25H26N2O5S. The number of nitrogens with zero attached hydrogens (tertiary/aromatic N) is 2. The highest BCUT2D eigenvalue weighted by molar-refractivity contribution is 7.92. The van der Waals surface area contributed by atoms with Crippen LogP contribution in [0, 0.1) is 0 Å². The molecule has 33 heavy (non-hydrogen) atoms. The number of fused-ring (bicyclic) bond motifs is 1. The van der Waals surface area contributed by atoms with E-state index < -0.39 is 10.0 Å². The number of sulfonamides is 1. The van der Waals surface area contributed by atoms with E-state index in [1.165, 1.54) is 21.3 Å². The summed E-state index contributed by atoms with van der Waals surface area (Å²) in [5, 5.41) is 0. The van der Waals surface area contributed by atoms with Crippen molar-refractivity contribution in [2.45, 2.75) is 17.7 Å². The Kier molecular flexibility index (Phi) is 6.55. The van der Waals surface area contributed by atoms with Gasteiger partial charge in [-0.3, -0.25) is 9.10 Å². The molecule has 0 atom stereocenters. The first kappa shape index (κ1) is 22.7. The molecule has 0 N–H and O–H groups in total. The van der Waals surface area contributed by atoms with Gasteiger partial charge in [0.1, 0.15) is 11.5 Å². The molecular weight excluding hydrogens is 440 g/mol. The fourth-order valence-electron chi connectivity index (χ4n) is 3.78. The maximum Gasteiger partial charge on any atom is 0.264 e. The van der Waals surface area contributed by atoms with Crippen LogP contribution in [0.2, 0.25) is 0 Å². The van der Waals surface area contributed by atoms with Gasteiger partial charge in [-0.25, -0.2) is 8.42 Å². The minimum atomic E-state index is -3.69. The number of hydrogen-bond donors (Lipinski definition) is 0. The maximum atomic E-state index is 13.2. The second-order valence-electron chi connectivity index (χ2n) is 7.72. The third-order valence-electron chi connectivity index (χ3n) is 5.68. The Bertz CT molecular complexity index is 1220. The summed E-state index contributed by atoms with van der Waals surface area (Å²) in [6.45, 7) is 0.276. The van der Waals surface area contributed by atoms with E-state index in [1.807, 2.05) is 24.3 Å². The topological polar surface area (TPSA) is 76.1 Å². The lowest BCUT2D eigenvalue weighted by Gasteiger charge is -2.30. The van der Waals surface area contributed by atoms with Crippen LogP contribution < -0.4 is 18.7 Å². The number of methoxy groups -OCH3 is 1. The van der Waals surface area contributed by atoms with E-state index in [0.717, 1.165) is 24.1 Å². The molecule has 0 aromatic heterocycles. The largest absolute Gasteiger partial charge is 0.497 e. The van der Waals surface area contributed by atoms with Crippen molar-refractivity contribution >= 4 is 27.3 Å². The van der Waals surface area contributed by atoms with Gasteiger partial charge >= 0.3 is 0 Å². The Morgan fingerprint density at radius 3 is 2.33 bits per heavy atom. The highest BCUT2D eigenvalue weighted by atomic mass is 32.2. The minimum Gasteiger partial charge on any atom is -0.497 e. The second kappa shape index (κ2) is 9.54. The number of carbonyl (C=O) groups excluding carboxylic acids is 1. The average molecular weight is 467 g/mol. The molecule has 4 rings (SSSR count). The Morgan fingerprint density at radius 1 is 0.970 bits per heavy atom. The minimum absolute atomic E-state index is 0.172. The van der Waals surface area contributed by atoms with Crippen molar-refractivity contribution in [3.8, 4) is 11.5 Å². The van der Waals surface area contributed by atoms with Gasteiger partial charge < -0.3 is 14.4 Å². The van der Waals surface area contributed by atoms with E-state index in [2.05, 4.69) is 0 Å². The summed E-state index contributed by atoms with van der Waals surface area (Å²) in [5.74, 6) is 0.894. The van der Waals surface area contributed by atoms with Crippen molar-refractivity contribution in [2.24, 2.45) is 0 Å². The molecule has 0 saturated carbocycles. The third kappa shape index (κ3) is 4.80. The first-order valence-corrected chi connectivity index (χ1v) is 12.1. The lowest BCUT2D eigenvalue weighted by Crippen LogP contribution is -2.35. The number of rotatable bonds is 7. The summed E-state index contributed by atoms with van der Waals surface area (Å²) < 4.78 is 38.7. The van der Waals surface area contributed by atoms with Gasteiger partial charge in [0.2, 0.25) is 0 Å². The molecule has 0 spiro atoms. The van der Waals surface area contributed by atoms with Gasteiger partial charge in [-0.15, -0.1) is 0 Å². The Hall–Kier alpha value is -3.52. The van der Waals surface area contributed by atoms with Gasteiger partial charge in [-0.2, -0.15) is 0 Å². The number of anilines is 2. The third-order valence-corrected chi connectivity index (χ3v) is 7.50. The van der Waals surface area contributed by atoms with E-state index >= 15 is 0 Å². The normalized spacial score (nSPS) is 13.2. The Balaban J connectivity index is 1.41. The predicted octanol–water partition coefficient (Wildman–Crippen LogP) is 3.88. The van der Waals surface area contributed by atoms with Crippen molar-refractivity contribution in [1.82, 2.24) is 0 Å². The fourth-order valence-corrected chi connectivity index (χ4v) is 5.32. The van der Waals surface area contributed by atoms with E-state index in [-0.39, 0.29) is 17.4 Å². The quantitative estimate of drug-likeness (QED) is 0.528. The number of carbonyl (C=O) groups is 1. The summed E-state index contributed by atoms with van der Waals surface area (Å²) in [4.78, 5) is 14.2. The molecule has 1 heterocycles. The second-order valence-corrected chi connectivity index (χ2v) is 9.58. The van der Waals surface area contributed by atoms with Crippen LogP contribution in [0.4, 0.5) is 11.4 Å². The van der Waals surface area contributed by atoms with E-state index in [9.17, 15) is 13.2 Å². The van der Waals surface area contributed by atoms with Crippen LogP contribution in [-0.4, -0.2) is 41.6 Å². The highest BCUT2D eigenvalue weighted by Crippen LogP contribution is 2.32. The number of benzene rings is 3. The summed E-state index contributed by atoms with van der Waals surface area (Å²) >= 11 is 0. The van der Waals surface area contributed by atoms with Gasteiger partial charge in [0, 0.05) is 19.3 Å². The molecule has 1 amide bonds. The SMILES string of the molecule is COc1ccc(N(C)C(=O)COc2ccc(S(=O)(=O)N3CCCc4ccccc43)cc2)cc1. The van der Waals surface area contributed by atoms with Gasteiger partial charge in [0.25, 0.3) is 15.9 Å². The number of para-hydroxylation sites is 1. The fraction of sp³-hybridized carbons (Fsp3) is 0.240. The number of hydrogen-bond acceptors (Lipinski definition) is 5. The van der Waals surface area contributed by atoms with E-state index in [1.54, 1.807) is 50.6 Å². The zero-order valence-electron chi connectivity index (χ0n) is 18.6. The highest BCUT2D eigenvalue weighted by Gasteiger charge is 2.28. The van der Waals surface area contributed by atoms with Gasteiger partial charge in [0.15, 0.2) is 6.61 Å². The monoisotopic (exact) mass is 466 g/mol. The molecule has 172 valence electrons. The van der Waals surface area contributed by atoms with E-state index in [4.69, 9.17) is 9.47 Å². The molecule has 0 saturated heterocycles. The number of amides is 1. The standard InChI is InChI=1S/C25H26N2O5S/c1-26(20-9-11-21(31-2)12-10-20)25(28)18-32-22-13-15-23(16-14-22)33(29,30)27-17-5-7-19-6-3-4-8-24(19)27/h3-4,6,8-16H,5,7,17-18H2,1-2H3. The van der Waals surface area contributed by atoms with Crippen LogP contribution in [0.3, 0.4) is 0 Å². The Labute approximate surface area is 194 Å². The van der Waals surface area contributed by atoms with Gasteiger partial charge in [-0.1, -0.05) is 18.2 Å². The summed E-state index contributed by atoms with van der Waals surface area (Å²) in [6.07, 6.45) is 1.65. The van der Waals surface area contributed by atoms with Crippen LogP contribution in [0.15, 0.2) is 77.7 Å². The first-order chi connectivity index (χ1) is 15.9. The predicted molar refractivity (Wildman–Crippen MR) is 128 cm³/mol. The van der Waals surface area contributed by atoms with Crippen molar-refractivity contribution in [3.05, 3.63) is 78.4 Å². The summed E-state index contributed by atoms with van der Waals surface area (Å²) in [7, 11) is -0.437. The molecule has 0 radical (unpaired) electrons. The lowest BCUT2D eigenvalue weighted by atomic mass is 10.0. The van der Waals surface area contributed by atoms with Gasteiger partial charge in [-0.05, 0) is 73.0 Å². The average Bonchev–Trinajstić information content (AvgIpc) is 2.86. The van der Waals surface area contributed by atoms with Crippen molar-refractivity contribution in [1.29, 1.82) is 0 Å². The van der Waals surface area contributed by atoms with Crippen LogP contribution >= 0.6 is 0 Å². The zero-order chi connectivity index (χ0) is 23.4. The lowest BCUT2D eigenvalue weighted by molar-refractivity contribution is -0.120. The number of likely N-dealkylation sites (N-methyl/N-ethyl adjacent to an activating group) is 1. The number of aryl methyl sites for hydroxylation is 1. The maximum absolute atomic E-state index is 13.2. The molecule has 0 fully saturated rings. The molecule has 1 aliphatic rings. The summed E-state index contributed by atoms with van der Waals surface area (Å²) in [5.41, 5.74) is 2.48. The number of ether oxygens (including phenoxy) is 2. The van der Waals surface area contributed by atoms with Crippen molar-refractivity contribution in [2.75, 3.05) is 36.5 Å². The van der Waals surface area contributed by atoms with Gasteiger partial charge in [0.05, 0.1) is 17.7 Å². The zero-order valence-corrected chi connectivity index (χ0v) is 19.4. The van der Waals surface area contributed by atoms with Crippen LogP contribution in [0.5, 0.6) is 11.5 Å². The van der Waals surface area contributed by atoms with Crippen molar-refractivity contribution in [3.63, 3.8) is 0 Å². The van der Waals surface area contributed by atoms with E-state index in [0.29, 0.717) is 23.7 Å². The first-order valence-electron chi connectivity index (χ1n) is 10.6.